The van der Waals surface area contributed by atoms with Crippen LogP contribution in [0.5, 0.6) is 0 Å². The van der Waals surface area contributed by atoms with E-state index >= 15 is 0 Å². The highest BCUT2D eigenvalue weighted by Gasteiger charge is 2.34. The molecule has 0 aliphatic rings. The van der Waals surface area contributed by atoms with Crippen molar-refractivity contribution < 1.29 is 27.4 Å². The first-order chi connectivity index (χ1) is 10.2. The number of amides is 2. The van der Waals surface area contributed by atoms with Gasteiger partial charge in [-0.1, -0.05) is 11.6 Å². The van der Waals surface area contributed by atoms with Gasteiger partial charge in [-0.15, -0.1) is 0 Å². The summed E-state index contributed by atoms with van der Waals surface area (Å²) in [6.45, 7) is 1.59. The smallest absolute Gasteiger partial charge is 0.354 e. The van der Waals surface area contributed by atoms with Gasteiger partial charge < -0.3 is 20.1 Å². The maximum Gasteiger partial charge on any atom is 0.418 e. The number of hydrogen-bond donors (Lipinski definition) is 2. The first kappa shape index (κ1) is 18.5. The topological polar surface area (TPSA) is 59.6 Å². The second-order valence-electron chi connectivity index (χ2n) is 4.41. The van der Waals surface area contributed by atoms with Crippen molar-refractivity contribution >= 4 is 23.3 Å². The first-order valence-electron chi connectivity index (χ1n) is 6.19. The van der Waals surface area contributed by atoms with E-state index < -0.39 is 35.8 Å². The van der Waals surface area contributed by atoms with Crippen LogP contribution in [0.4, 0.5) is 23.7 Å². The molecule has 124 valence electrons. The van der Waals surface area contributed by atoms with E-state index in [4.69, 9.17) is 21.1 Å². The molecule has 0 aliphatic carbocycles. The Hall–Kier alpha value is -1.51. The van der Waals surface area contributed by atoms with Gasteiger partial charge in [-0.2, -0.15) is 13.2 Å². The number of ether oxygens (including phenoxy) is 2. The van der Waals surface area contributed by atoms with E-state index in [0.29, 0.717) is 0 Å². The van der Waals surface area contributed by atoms with Gasteiger partial charge in [-0.05, 0) is 25.1 Å². The van der Waals surface area contributed by atoms with E-state index in [2.05, 4.69) is 10.6 Å². The standard InChI is InChI=1S/C13H16ClF3N2O3/c1-7(11(21-2)22-3)18-12(20)19-10-5-4-8(14)6-9(10)13(15,16)17/h4-7,11H,1-3H3,(H2,18,19,20). The summed E-state index contributed by atoms with van der Waals surface area (Å²) in [5.41, 5.74) is -1.43. The number of alkyl halides is 3. The van der Waals surface area contributed by atoms with Gasteiger partial charge in [0.2, 0.25) is 0 Å². The van der Waals surface area contributed by atoms with Gasteiger partial charge in [0, 0.05) is 19.2 Å². The third-order valence-electron chi connectivity index (χ3n) is 2.77. The van der Waals surface area contributed by atoms with Crippen molar-refractivity contribution in [2.24, 2.45) is 0 Å². The highest BCUT2D eigenvalue weighted by molar-refractivity contribution is 6.30. The number of urea groups is 1. The molecule has 0 aliphatic heterocycles. The molecule has 1 unspecified atom stereocenters. The maximum absolute atomic E-state index is 12.9. The molecule has 1 aromatic carbocycles. The average molecular weight is 341 g/mol. The molecule has 0 saturated heterocycles. The van der Waals surface area contributed by atoms with Gasteiger partial charge in [0.1, 0.15) is 0 Å². The number of halogens is 4. The third kappa shape index (κ3) is 5.04. The minimum atomic E-state index is -4.64. The highest BCUT2D eigenvalue weighted by atomic mass is 35.5. The van der Waals surface area contributed by atoms with Gasteiger partial charge in [0.05, 0.1) is 17.3 Å². The second kappa shape index (κ2) is 7.66. The lowest BCUT2D eigenvalue weighted by atomic mass is 10.1. The van der Waals surface area contributed by atoms with Crippen molar-refractivity contribution in [2.75, 3.05) is 19.5 Å². The summed E-state index contributed by atoms with van der Waals surface area (Å²) in [7, 11) is 2.76. The third-order valence-corrected chi connectivity index (χ3v) is 3.00. The minimum Gasteiger partial charge on any atom is -0.354 e. The zero-order chi connectivity index (χ0) is 16.9. The van der Waals surface area contributed by atoms with E-state index in [1.807, 2.05) is 0 Å². The zero-order valence-electron chi connectivity index (χ0n) is 12.1. The number of carbonyl (C=O) groups excluding carboxylic acids is 1. The fourth-order valence-corrected chi connectivity index (χ4v) is 1.97. The summed E-state index contributed by atoms with van der Waals surface area (Å²) in [5, 5.41) is 4.48. The van der Waals surface area contributed by atoms with Gasteiger partial charge in [0.15, 0.2) is 6.29 Å². The molecule has 9 heteroatoms. The zero-order valence-corrected chi connectivity index (χ0v) is 12.9. The lowest BCUT2D eigenvalue weighted by Gasteiger charge is -2.22. The quantitative estimate of drug-likeness (QED) is 0.807. The number of benzene rings is 1. The lowest BCUT2D eigenvalue weighted by Crippen LogP contribution is -2.44. The van der Waals surface area contributed by atoms with E-state index in [-0.39, 0.29) is 5.02 Å². The number of rotatable bonds is 5. The van der Waals surface area contributed by atoms with E-state index in [9.17, 15) is 18.0 Å². The molecule has 0 fully saturated rings. The highest BCUT2D eigenvalue weighted by Crippen LogP contribution is 2.36. The van der Waals surface area contributed by atoms with Gasteiger partial charge in [-0.25, -0.2) is 4.79 Å². The molecule has 2 N–H and O–H groups in total. The Balaban J connectivity index is 2.85. The Bertz CT molecular complexity index is 522. The lowest BCUT2D eigenvalue weighted by molar-refractivity contribution is -0.136. The van der Waals surface area contributed by atoms with Crippen LogP contribution in [-0.2, 0) is 15.7 Å². The molecule has 2 amide bonds. The molecule has 0 aromatic heterocycles. The summed E-state index contributed by atoms with van der Waals surface area (Å²) < 4.78 is 48.6. The Morgan fingerprint density at radius 1 is 1.27 bits per heavy atom. The van der Waals surface area contributed by atoms with Crippen molar-refractivity contribution in [1.82, 2.24) is 5.32 Å². The van der Waals surface area contributed by atoms with Crippen LogP contribution in [-0.4, -0.2) is 32.6 Å². The molecule has 0 radical (unpaired) electrons. The average Bonchev–Trinajstić information content (AvgIpc) is 2.40. The molecule has 0 bridgehead atoms. The Morgan fingerprint density at radius 3 is 2.36 bits per heavy atom. The Morgan fingerprint density at radius 2 is 1.86 bits per heavy atom. The van der Waals surface area contributed by atoms with Crippen LogP contribution in [0.25, 0.3) is 0 Å². The minimum absolute atomic E-state index is 0.0783. The molecule has 0 saturated carbocycles. The fourth-order valence-electron chi connectivity index (χ4n) is 1.80. The van der Waals surface area contributed by atoms with Gasteiger partial charge in [0.25, 0.3) is 0 Å². The van der Waals surface area contributed by atoms with Crippen molar-refractivity contribution in [3.63, 3.8) is 0 Å². The molecule has 1 rings (SSSR count). The number of anilines is 1. The molecule has 1 atom stereocenters. The molecule has 22 heavy (non-hydrogen) atoms. The van der Waals surface area contributed by atoms with Crippen LogP contribution in [0.15, 0.2) is 18.2 Å². The van der Waals surface area contributed by atoms with Crippen LogP contribution < -0.4 is 10.6 Å². The summed E-state index contributed by atoms with van der Waals surface area (Å²) in [6.07, 6.45) is -5.36. The first-order valence-corrected chi connectivity index (χ1v) is 6.56. The Labute approximate surface area is 130 Å². The second-order valence-corrected chi connectivity index (χ2v) is 4.85. The number of hydrogen-bond acceptors (Lipinski definition) is 3. The maximum atomic E-state index is 12.9. The van der Waals surface area contributed by atoms with E-state index in [0.717, 1.165) is 12.1 Å². The molecule has 1 aromatic rings. The fraction of sp³-hybridized carbons (Fsp3) is 0.462. The molecule has 0 spiro atoms. The van der Waals surface area contributed by atoms with Crippen LogP contribution in [0, 0.1) is 0 Å². The summed E-state index contributed by atoms with van der Waals surface area (Å²) in [4.78, 5) is 11.8. The molecular formula is C13H16ClF3N2O3. The number of carbonyl (C=O) groups is 1. The SMILES string of the molecule is COC(OC)C(C)NC(=O)Nc1ccc(Cl)cc1C(F)(F)F. The van der Waals surface area contributed by atoms with Crippen molar-refractivity contribution in [1.29, 1.82) is 0 Å². The van der Waals surface area contributed by atoms with E-state index in [1.54, 1.807) is 6.92 Å². The summed E-state index contributed by atoms with van der Waals surface area (Å²) in [5.74, 6) is 0. The predicted molar refractivity (Wildman–Crippen MR) is 75.9 cm³/mol. The van der Waals surface area contributed by atoms with Crippen LogP contribution in [0.2, 0.25) is 5.02 Å². The Kier molecular flexibility index (Phi) is 6.46. The van der Waals surface area contributed by atoms with Gasteiger partial charge in [-0.3, -0.25) is 0 Å². The molecule has 5 nitrogen and oxygen atoms in total. The van der Waals surface area contributed by atoms with Crippen LogP contribution in [0.1, 0.15) is 12.5 Å². The van der Waals surface area contributed by atoms with E-state index in [1.165, 1.54) is 20.3 Å². The summed E-state index contributed by atoms with van der Waals surface area (Å²) in [6, 6.07) is 1.69. The van der Waals surface area contributed by atoms with Gasteiger partial charge >= 0.3 is 12.2 Å². The summed E-state index contributed by atoms with van der Waals surface area (Å²) >= 11 is 5.56. The number of nitrogens with one attached hydrogen (secondary N) is 2. The molecular weight excluding hydrogens is 325 g/mol. The molecule has 0 heterocycles. The number of methoxy groups -OCH3 is 2. The monoisotopic (exact) mass is 340 g/mol. The van der Waals surface area contributed by atoms with Crippen molar-refractivity contribution in [3.8, 4) is 0 Å². The largest absolute Gasteiger partial charge is 0.418 e. The predicted octanol–water partition coefficient (Wildman–Crippen LogP) is 3.49. The van der Waals surface area contributed by atoms with Crippen LogP contribution in [0.3, 0.4) is 0 Å². The van der Waals surface area contributed by atoms with Crippen LogP contribution >= 0.6 is 11.6 Å². The van der Waals surface area contributed by atoms with Crippen molar-refractivity contribution in [3.05, 3.63) is 28.8 Å². The normalized spacial score (nSPS) is 13.1. The van der Waals surface area contributed by atoms with Crippen molar-refractivity contribution in [2.45, 2.75) is 25.4 Å².